The number of aromatic amines is 1. The van der Waals surface area contributed by atoms with Crippen LogP contribution in [0.2, 0.25) is 0 Å². The van der Waals surface area contributed by atoms with Gasteiger partial charge in [0.1, 0.15) is 12.4 Å². The molecule has 1 aromatic carbocycles. The number of hydrogen-bond acceptors (Lipinski definition) is 4. The third-order valence-corrected chi connectivity index (χ3v) is 5.03. The van der Waals surface area contributed by atoms with Gasteiger partial charge >= 0.3 is 6.36 Å². The number of nitrogens with one attached hydrogen (secondary N) is 1. The van der Waals surface area contributed by atoms with Crippen LogP contribution in [0, 0.1) is 13.8 Å². The summed E-state index contributed by atoms with van der Waals surface area (Å²) in [6.07, 6.45) is -3.19. The summed E-state index contributed by atoms with van der Waals surface area (Å²) in [7, 11) is 0. The van der Waals surface area contributed by atoms with Crippen molar-refractivity contribution >= 4 is 15.9 Å². The zero-order valence-corrected chi connectivity index (χ0v) is 17.0. The zero-order chi connectivity index (χ0) is 21.2. The summed E-state index contributed by atoms with van der Waals surface area (Å²) in [6, 6.07) is 8.73. The van der Waals surface area contributed by atoms with E-state index in [-0.39, 0.29) is 17.8 Å². The van der Waals surface area contributed by atoms with Gasteiger partial charge in [-0.3, -0.25) is 4.79 Å². The number of ether oxygens (including phenoxy) is 2. The van der Waals surface area contributed by atoms with E-state index in [4.69, 9.17) is 4.74 Å². The molecule has 0 radical (unpaired) electrons. The Morgan fingerprint density at radius 3 is 2.34 bits per heavy atom. The normalized spacial score (nSPS) is 11.4. The number of hydrogen-bond donors (Lipinski definition) is 1. The number of benzene rings is 1. The predicted molar refractivity (Wildman–Crippen MR) is 105 cm³/mol. The van der Waals surface area contributed by atoms with Crippen molar-refractivity contribution in [2.24, 2.45) is 0 Å². The maximum Gasteiger partial charge on any atom is 0.573 e. The largest absolute Gasteiger partial charge is 0.573 e. The van der Waals surface area contributed by atoms with Gasteiger partial charge in [-0.05, 0) is 53.5 Å². The third-order valence-electron chi connectivity index (χ3n) is 4.07. The molecule has 0 saturated heterocycles. The first-order chi connectivity index (χ1) is 13.6. The van der Waals surface area contributed by atoms with Crippen molar-refractivity contribution in [2.75, 3.05) is 0 Å². The van der Waals surface area contributed by atoms with Crippen LogP contribution in [0.5, 0.6) is 11.6 Å². The number of aromatic nitrogens is 2. The maximum absolute atomic E-state index is 12.5. The fourth-order valence-corrected chi connectivity index (χ4v) is 3.05. The number of rotatable bonds is 5. The number of pyridine rings is 2. The molecule has 2 heterocycles. The summed E-state index contributed by atoms with van der Waals surface area (Å²) >= 11 is 3.29. The van der Waals surface area contributed by atoms with E-state index in [1.807, 2.05) is 6.92 Å². The molecule has 2 aromatic heterocycles. The Hall–Kier alpha value is -2.81. The Morgan fingerprint density at radius 2 is 1.76 bits per heavy atom. The van der Waals surface area contributed by atoms with Crippen LogP contribution in [0.3, 0.4) is 0 Å². The van der Waals surface area contributed by atoms with Crippen molar-refractivity contribution in [2.45, 2.75) is 26.8 Å². The molecule has 0 atom stereocenters. The standard InChI is InChI=1S/C20H16BrF3N2O3/c1-11-17(19(27)18(21)12(2)26-11)14-5-8-16(25-9-14)28-10-13-3-6-15(7-4-13)29-20(22,23)24/h3-9H,10H2,1-2H3,(H,26,27). The fraction of sp³-hybridized carbons (Fsp3) is 0.200. The van der Waals surface area contributed by atoms with E-state index in [0.717, 1.165) is 11.4 Å². The minimum absolute atomic E-state index is 0.119. The van der Waals surface area contributed by atoms with Gasteiger partial charge < -0.3 is 14.5 Å². The van der Waals surface area contributed by atoms with Crippen LogP contribution in [-0.2, 0) is 6.61 Å². The molecule has 29 heavy (non-hydrogen) atoms. The van der Waals surface area contributed by atoms with Crippen molar-refractivity contribution in [3.8, 4) is 22.8 Å². The summed E-state index contributed by atoms with van der Waals surface area (Å²) in [4.78, 5) is 19.9. The molecule has 0 fully saturated rings. The van der Waals surface area contributed by atoms with Crippen molar-refractivity contribution in [1.82, 2.24) is 9.97 Å². The lowest BCUT2D eigenvalue weighted by Crippen LogP contribution is -2.17. The molecule has 3 rings (SSSR count). The van der Waals surface area contributed by atoms with Gasteiger partial charge in [0.05, 0.1) is 10.0 Å². The molecule has 0 amide bonds. The first-order valence-electron chi connectivity index (χ1n) is 8.47. The minimum atomic E-state index is -4.73. The molecule has 0 aliphatic heterocycles. The van der Waals surface area contributed by atoms with Crippen molar-refractivity contribution in [1.29, 1.82) is 0 Å². The number of H-pyrrole nitrogens is 1. The molecule has 152 valence electrons. The van der Waals surface area contributed by atoms with Crippen molar-refractivity contribution in [3.63, 3.8) is 0 Å². The molecule has 0 aliphatic carbocycles. The molecular formula is C20H16BrF3N2O3. The molecule has 3 aromatic rings. The van der Waals surface area contributed by atoms with Crippen molar-refractivity contribution < 1.29 is 22.6 Å². The Bertz CT molecular complexity index is 1060. The van der Waals surface area contributed by atoms with E-state index in [0.29, 0.717) is 27.0 Å². The Kier molecular flexibility index (Phi) is 5.97. The van der Waals surface area contributed by atoms with Crippen LogP contribution in [0.15, 0.2) is 51.9 Å². The van der Waals surface area contributed by atoms with Gasteiger partial charge in [0.15, 0.2) is 0 Å². The summed E-state index contributed by atoms with van der Waals surface area (Å²) < 4.78 is 46.4. The number of nitrogens with zero attached hydrogens (tertiary/aromatic N) is 1. The first kappa shape index (κ1) is 20.9. The van der Waals surface area contributed by atoms with Gasteiger partial charge in [0, 0.05) is 29.2 Å². The number of aryl methyl sites for hydroxylation is 2. The highest BCUT2D eigenvalue weighted by molar-refractivity contribution is 9.10. The van der Waals surface area contributed by atoms with Gasteiger partial charge in [-0.2, -0.15) is 0 Å². The molecule has 0 aliphatic rings. The van der Waals surface area contributed by atoms with Gasteiger partial charge in [0.25, 0.3) is 0 Å². The fourth-order valence-electron chi connectivity index (χ4n) is 2.75. The molecular weight excluding hydrogens is 453 g/mol. The van der Waals surface area contributed by atoms with E-state index in [9.17, 15) is 18.0 Å². The summed E-state index contributed by atoms with van der Waals surface area (Å²) in [5.74, 6) is 0.0261. The molecule has 0 unspecified atom stereocenters. The van der Waals surface area contributed by atoms with Crippen LogP contribution in [-0.4, -0.2) is 16.3 Å². The highest BCUT2D eigenvalue weighted by Gasteiger charge is 2.30. The Labute approximate surface area is 172 Å². The SMILES string of the molecule is Cc1[nH]c(C)c(-c2ccc(OCc3ccc(OC(F)(F)F)cc3)nc2)c(=O)c1Br. The molecule has 0 spiro atoms. The van der Waals surface area contributed by atoms with Crippen LogP contribution >= 0.6 is 15.9 Å². The average molecular weight is 469 g/mol. The van der Waals surface area contributed by atoms with Gasteiger partial charge in [-0.25, -0.2) is 4.98 Å². The smallest absolute Gasteiger partial charge is 0.473 e. The molecule has 0 saturated carbocycles. The topological polar surface area (TPSA) is 64.2 Å². The predicted octanol–water partition coefficient (Wildman–Crippen LogP) is 5.29. The highest BCUT2D eigenvalue weighted by atomic mass is 79.9. The quantitative estimate of drug-likeness (QED) is 0.552. The average Bonchev–Trinajstić information content (AvgIpc) is 2.65. The van der Waals surface area contributed by atoms with E-state index in [1.165, 1.54) is 30.5 Å². The second-order valence-electron chi connectivity index (χ2n) is 6.26. The third kappa shape index (κ3) is 5.17. The van der Waals surface area contributed by atoms with Gasteiger partial charge in [-0.1, -0.05) is 12.1 Å². The van der Waals surface area contributed by atoms with Crippen molar-refractivity contribution in [3.05, 3.63) is 74.2 Å². The lowest BCUT2D eigenvalue weighted by Gasteiger charge is -2.11. The monoisotopic (exact) mass is 468 g/mol. The summed E-state index contributed by atoms with van der Waals surface area (Å²) in [6.45, 7) is 3.74. The van der Waals surface area contributed by atoms with E-state index >= 15 is 0 Å². The number of alkyl halides is 3. The Balaban J connectivity index is 1.69. The minimum Gasteiger partial charge on any atom is -0.473 e. The second-order valence-corrected chi connectivity index (χ2v) is 7.05. The lowest BCUT2D eigenvalue weighted by molar-refractivity contribution is -0.274. The highest BCUT2D eigenvalue weighted by Crippen LogP contribution is 2.25. The maximum atomic E-state index is 12.5. The number of halogens is 4. The van der Waals surface area contributed by atoms with E-state index < -0.39 is 6.36 Å². The zero-order valence-electron chi connectivity index (χ0n) is 15.4. The van der Waals surface area contributed by atoms with Crippen LogP contribution < -0.4 is 14.9 Å². The van der Waals surface area contributed by atoms with Gasteiger partial charge in [-0.15, -0.1) is 13.2 Å². The van der Waals surface area contributed by atoms with E-state index in [2.05, 4.69) is 30.6 Å². The van der Waals surface area contributed by atoms with Crippen LogP contribution in [0.4, 0.5) is 13.2 Å². The second kappa shape index (κ2) is 8.28. The molecule has 1 N–H and O–H groups in total. The Morgan fingerprint density at radius 1 is 1.07 bits per heavy atom. The lowest BCUT2D eigenvalue weighted by atomic mass is 10.1. The van der Waals surface area contributed by atoms with Crippen LogP contribution in [0.1, 0.15) is 17.0 Å². The molecule has 5 nitrogen and oxygen atoms in total. The molecule has 0 bridgehead atoms. The first-order valence-corrected chi connectivity index (χ1v) is 9.26. The van der Waals surface area contributed by atoms with E-state index in [1.54, 1.807) is 19.1 Å². The summed E-state index contributed by atoms with van der Waals surface area (Å²) in [5.41, 5.74) is 3.16. The van der Waals surface area contributed by atoms with Gasteiger partial charge in [0.2, 0.25) is 11.3 Å². The molecule has 9 heteroatoms. The summed E-state index contributed by atoms with van der Waals surface area (Å²) in [5, 5.41) is 0. The van der Waals surface area contributed by atoms with Crippen LogP contribution in [0.25, 0.3) is 11.1 Å².